The van der Waals surface area contributed by atoms with Gasteiger partial charge >= 0.3 is 5.97 Å². The minimum absolute atomic E-state index is 0.0154. The third kappa shape index (κ3) is 6.47. The first-order valence-electron chi connectivity index (χ1n) is 9.39. The van der Waals surface area contributed by atoms with Crippen LogP contribution in [0.1, 0.15) is 21.8 Å². The highest BCUT2D eigenvalue weighted by molar-refractivity contribution is 7.09. The van der Waals surface area contributed by atoms with Crippen LogP contribution in [0.5, 0.6) is 0 Å². The summed E-state index contributed by atoms with van der Waals surface area (Å²) in [6.07, 6.45) is 2.67. The number of para-hydroxylation sites is 1. The molecule has 0 aliphatic heterocycles. The Morgan fingerprint density at radius 3 is 2.81 bits per heavy atom. The van der Waals surface area contributed by atoms with E-state index >= 15 is 0 Å². The van der Waals surface area contributed by atoms with Gasteiger partial charge in [-0.3, -0.25) is 14.9 Å². The van der Waals surface area contributed by atoms with Crippen LogP contribution < -0.4 is 5.32 Å². The number of halogens is 1. The Bertz CT molecular complexity index is 1190. The molecule has 3 rings (SSSR count). The highest BCUT2D eigenvalue weighted by atomic mass is 35.5. The molecule has 0 bridgehead atoms. The quantitative estimate of drug-likeness (QED) is 0.215. The van der Waals surface area contributed by atoms with Crippen LogP contribution in [-0.2, 0) is 27.4 Å². The highest BCUT2D eigenvalue weighted by Crippen LogP contribution is 2.25. The molecule has 10 heteroatoms. The maximum Gasteiger partial charge on any atom is 0.331 e. The zero-order valence-electron chi connectivity index (χ0n) is 16.9. The van der Waals surface area contributed by atoms with Crippen molar-refractivity contribution in [2.75, 3.05) is 5.32 Å². The fraction of sp³-hybridized carbons (Fsp3) is 0.136. The largest absolute Gasteiger partial charge is 0.456 e. The van der Waals surface area contributed by atoms with E-state index < -0.39 is 10.9 Å². The molecular formula is C22H18ClN3O5S. The van der Waals surface area contributed by atoms with Crippen molar-refractivity contribution in [1.82, 2.24) is 4.98 Å². The van der Waals surface area contributed by atoms with Crippen LogP contribution in [0.4, 0.5) is 11.4 Å². The first-order valence-corrected chi connectivity index (χ1v) is 10.6. The van der Waals surface area contributed by atoms with Gasteiger partial charge in [0.15, 0.2) is 0 Å². The standard InChI is InChI=1S/C22H18ClN3O5S/c1-14-4-2-3-5-18(14)25-20(27)11-21-24-16(13-32-21)12-31-22(28)9-7-15-6-8-17(23)19(10-15)26(29)30/h2-10,13H,11-12H2,1H3,(H,25,27). The van der Waals surface area contributed by atoms with E-state index in [4.69, 9.17) is 16.3 Å². The van der Waals surface area contributed by atoms with Gasteiger partial charge in [0.25, 0.3) is 5.69 Å². The van der Waals surface area contributed by atoms with Gasteiger partial charge < -0.3 is 10.1 Å². The lowest BCUT2D eigenvalue weighted by molar-refractivity contribution is -0.384. The summed E-state index contributed by atoms with van der Waals surface area (Å²) >= 11 is 7.07. The van der Waals surface area contributed by atoms with E-state index in [1.54, 1.807) is 11.4 Å². The number of esters is 1. The summed E-state index contributed by atoms with van der Waals surface area (Å²) in [6, 6.07) is 11.7. The summed E-state index contributed by atoms with van der Waals surface area (Å²) in [5.41, 5.74) is 2.43. The Morgan fingerprint density at radius 2 is 2.06 bits per heavy atom. The second-order valence-corrected chi connectivity index (χ2v) is 8.03. The lowest BCUT2D eigenvalue weighted by atomic mass is 10.2. The normalized spacial score (nSPS) is 10.8. The molecule has 0 saturated heterocycles. The van der Waals surface area contributed by atoms with E-state index in [0.717, 1.165) is 17.3 Å². The number of carbonyl (C=O) groups is 2. The van der Waals surface area contributed by atoms with Crippen LogP contribution in [0.15, 0.2) is 53.9 Å². The number of thiazole rings is 1. The number of nitrogens with one attached hydrogen (secondary N) is 1. The Hall–Kier alpha value is -3.56. The van der Waals surface area contributed by atoms with Crippen molar-refractivity contribution >= 4 is 52.3 Å². The maximum absolute atomic E-state index is 12.2. The van der Waals surface area contributed by atoms with E-state index in [9.17, 15) is 19.7 Å². The van der Waals surface area contributed by atoms with Crippen molar-refractivity contribution in [2.24, 2.45) is 0 Å². The lowest BCUT2D eigenvalue weighted by Crippen LogP contribution is -2.15. The summed E-state index contributed by atoms with van der Waals surface area (Å²) in [5.74, 6) is -0.813. The monoisotopic (exact) mass is 471 g/mol. The third-order valence-corrected chi connectivity index (χ3v) is 5.49. The average Bonchev–Trinajstić information content (AvgIpc) is 3.20. The van der Waals surface area contributed by atoms with Crippen LogP contribution in [0, 0.1) is 17.0 Å². The molecule has 0 aliphatic carbocycles. The molecular weight excluding hydrogens is 454 g/mol. The van der Waals surface area contributed by atoms with Crippen molar-refractivity contribution < 1.29 is 19.2 Å². The van der Waals surface area contributed by atoms with Gasteiger partial charge in [0.05, 0.1) is 17.0 Å². The number of hydrogen-bond donors (Lipinski definition) is 1. The van der Waals surface area contributed by atoms with Gasteiger partial charge in [0, 0.05) is 23.2 Å². The molecule has 1 N–H and O–H groups in total. The second kappa shape index (κ2) is 10.7. The van der Waals surface area contributed by atoms with Crippen molar-refractivity contribution in [1.29, 1.82) is 0 Å². The number of ether oxygens (including phenoxy) is 1. The molecule has 0 radical (unpaired) electrons. The molecule has 0 aliphatic rings. The van der Waals surface area contributed by atoms with Crippen LogP contribution in [0.3, 0.4) is 0 Å². The van der Waals surface area contributed by atoms with E-state index in [1.807, 2.05) is 31.2 Å². The number of nitro groups is 1. The number of aromatic nitrogens is 1. The highest BCUT2D eigenvalue weighted by Gasteiger charge is 2.12. The molecule has 0 spiro atoms. The number of carbonyl (C=O) groups excluding carboxylic acids is 2. The van der Waals surface area contributed by atoms with Crippen LogP contribution in [-0.4, -0.2) is 21.8 Å². The predicted octanol–water partition coefficient (Wildman–Crippen LogP) is 4.95. The van der Waals surface area contributed by atoms with Crippen molar-refractivity contribution in [3.8, 4) is 0 Å². The number of rotatable bonds is 8. The first-order chi connectivity index (χ1) is 15.3. The Kier molecular flexibility index (Phi) is 7.69. The van der Waals surface area contributed by atoms with Gasteiger partial charge in [-0.05, 0) is 36.3 Å². The molecule has 0 atom stereocenters. The van der Waals surface area contributed by atoms with Crippen LogP contribution >= 0.6 is 22.9 Å². The molecule has 8 nitrogen and oxygen atoms in total. The van der Waals surface area contributed by atoms with Gasteiger partial charge in [-0.15, -0.1) is 11.3 Å². The summed E-state index contributed by atoms with van der Waals surface area (Å²) in [6.45, 7) is 1.86. The molecule has 164 valence electrons. The number of nitrogens with zero attached hydrogens (tertiary/aromatic N) is 2. The summed E-state index contributed by atoms with van der Waals surface area (Å²) in [7, 11) is 0. The number of nitro benzene ring substituents is 1. The van der Waals surface area contributed by atoms with Gasteiger partial charge in [-0.2, -0.15) is 0 Å². The number of benzene rings is 2. The van der Waals surface area contributed by atoms with Crippen molar-refractivity contribution in [2.45, 2.75) is 20.0 Å². The van der Waals surface area contributed by atoms with E-state index in [0.29, 0.717) is 16.3 Å². The Balaban J connectivity index is 1.50. The van der Waals surface area contributed by atoms with E-state index in [-0.39, 0.29) is 29.6 Å². The maximum atomic E-state index is 12.2. The molecule has 1 heterocycles. The molecule has 0 unspecified atom stereocenters. The minimum Gasteiger partial charge on any atom is -0.456 e. The molecule has 0 fully saturated rings. The number of hydrogen-bond acceptors (Lipinski definition) is 7. The smallest absolute Gasteiger partial charge is 0.331 e. The Labute approximate surface area is 192 Å². The second-order valence-electron chi connectivity index (χ2n) is 6.68. The molecule has 32 heavy (non-hydrogen) atoms. The fourth-order valence-corrected chi connectivity index (χ4v) is 3.64. The van der Waals surface area contributed by atoms with Gasteiger partial charge in [0.1, 0.15) is 16.6 Å². The zero-order chi connectivity index (χ0) is 23.1. The van der Waals surface area contributed by atoms with Crippen LogP contribution in [0.2, 0.25) is 5.02 Å². The SMILES string of the molecule is Cc1ccccc1NC(=O)Cc1nc(COC(=O)C=Cc2ccc(Cl)c([N+](=O)[O-])c2)cs1. The summed E-state index contributed by atoms with van der Waals surface area (Å²) in [4.78, 5) is 38.8. The van der Waals surface area contributed by atoms with E-state index in [1.165, 1.54) is 29.5 Å². The topological polar surface area (TPSA) is 111 Å². The average molecular weight is 472 g/mol. The number of aryl methyl sites for hydroxylation is 1. The molecule has 0 saturated carbocycles. The molecule has 1 aromatic heterocycles. The molecule has 2 aromatic carbocycles. The predicted molar refractivity (Wildman–Crippen MR) is 123 cm³/mol. The van der Waals surface area contributed by atoms with Gasteiger partial charge in [-0.1, -0.05) is 35.9 Å². The van der Waals surface area contributed by atoms with Gasteiger partial charge in [-0.25, -0.2) is 9.78 Å². The Morgan fingerprint density at radius 1 is 1.28 bits per heavy atom. The van der Waals surface area contributed by atoms with Gasteiger partial charge in [0.2, 0.25) is 5.91 Å². The third-order valence-electron chi connectivity index (χ3n) is 4.27. The summed E-state index contributed by atoms with van der Waals surface area (Å²) in [5, 5.41) is 16.1. The summed E-state index contributed by atoms with van der Waals surface area (Å²) < 4.78 is 5.14. The van der Waals surface area contributed by atoms with Crippen LogP contribution in [0.25, 0.3) is 6.08 Å². The zero-order valence-corrected chi connectivity index (χ0v) is 18.5. The minimum atomic E-state index is -0.630. The van der Waals surface area contributed by atoms with Crippen molar-refractivity contribution in [3.63, 3.8) is 0 Å². The molecule has 1 amide bonds. The fourth-order valence-electron chi connectivity index (χ4n) is 2.67. The van der Waals surface area contributed by atoms with E-state index in [2.05, 4.69) is 10.3 Å². The van der Waals surface area contributed by atoms with Crippen molar-refractivity contribution in [3.05, 3.63) is 90.9 Å². The first kappa shape index (κ1) is 23.1. The number of anilines is 1. The molecule has 3 aromatic rings. The lowest BCUT2D eigenvalue weighted by Gasteiger charge is -2.06. The number of amides is 1.